The van der Waals surface area contributed by atoms with Crippen LogP contribution in [0.3, 0.4) is 0 Å². The van der Waals surface area contributed by atoms with Crippen LogP contribution in [0.1, 0.15) is 18.7 Å². The predicted octanol–water partition coefficient (Wildman–Crippen LogP) is 5.89. The topological polar surface area (TPSA) is 100 Å². The van der Waals surface area contributed by atoms with Gasteiger partial charge < -0.3 is 18.9 Å². The van der Waals surface area contributed by atoms with Crippen LogP contribution in [-0.4, -0.2) is 67.0 Å². The van der Waals surface area contributed by atoms with E-state index in [1.54, 1.807) is 35.7 Å². The van der Waals surface area contributed by atoms with Crippen LogP contribution in [0, 0.1) is 0 Å². The van der Waals surface area contributed by atoms with Crippen molar-refractivity contribution in [1.29, 1.82) is 0 Å². The van der Waals surface area contributed by atoms with E-state index in [0.717, 1.165) is 60.6 Å². The third-order valence-electron chi connectivity index (χ3n) is 8.00. The molecule has 7 rings (SSSR count). The number of imidazole rings is 1. The van der Waals surface area contributed by atoms with Gasteiger partial charge in [-0.3, -0.25) is 14.5 Å². The molecule has 10 nitrogen and oxygen atoms in total. The molecule has 6 aromatic rings. The second-order valence-electron chi connectivity index (χ2n) is 10.9. The minimum Gasteiger partial charge on any atom is -0.489 e. The van der Waals surface area contributed by atoms with Crippen molar-refractivity contribution in [3.63, 3.8) is 0 Å². The van der Waals surface area contributed by atoms with Crippen LogP contribution in [0.2, 0.25) is 0 Å². The fraction of sp³-hybridized carbons (Fsp3) is 0.242. The van der Waals surface area contributed by atoms with Gasteiger partial charge in [0.1, 0.15) is 23.7 Å². The molecule has 5 aromatic heterocycles. The average molecular weight is 606 g/mol. The lowest BCUT2D eigenvalue weighted by Crippen LogP contribution is -2.39. The summed E-state index contributed by atoms with van der Waals surface area (Å²) in [4.78, 5) is 28.7. The van der Waals surface area contributed by atoms with Gasteiger partial charge in [-0.15, -0.1) is 11.3 Å². The van der Waals surface area contributed by atoms with Crippen molar-refractivity contribution in [3.05, 3.63) is 78.8 Å². The lowest BCUT2D eigenvalue weighted by Gasteiger charge is -2.31. The maximum Gasteiger partial charge on any atom is 0.246 e. The maximum atomic E-state index is 12.5. The van der Waals surface area contributed by atoms with Crippen molar-refractivity contribution in [3.8, 4) is 39.5 Å². The van der Waals surface area contributed by atoms with Crippen molar-refractivity contribution in [1.82, 2.24) is 34.2 Å². The molecule has 222 valence electrons. The molecule has 0 spiro atoms. The lowest BCUT2D eigenvalue weighted by molar-refractivity contribution is -0.127. The summed E-state index contributed by atoms with van der Waals surface area (Å²) in [6.45, 7) is 7.59. The summed E-state index contributed by atoms with van der Waals surface area (Å²) in [7, 11) is 3.64. The van der Waals surface area contributed by atoms with E-state index in [1.807, 2.05) is 34.8 Å². The molecule has 0 N–H and O–H groups in total. The first kappa shape index (κ1) is 27.9. The Morgan fingerprint density at radius 1 is 1.18 bits per heavy atom. The summed E-state index contributed by atoms with van der Waals surface area (Å²) in [5.41, 5.74) is 7.98. The SMILES string of the molecule is C=CC(=O)N1Cc2cc(-c3nc(-c4ccc5c(c4)ncn5C)c4ccsc4c3-c3ccncc3OCCOC)nn2C(C)C1. The first-order chi connectivity index (χ1) is 21.5. The third-order valence-corrected chi connectivity index (χ3v) is 8.93. The molecular formula is C33H31N7O3S. The molecular weight excluding hydrogens is 574 g/mol. The number of hydrogen-bond donors (Lipinski definition) is 0. The molecule has 1 amide bonds. The molecule has 44 heavy (non-hydrogen) atoms. The number of aryl methyl sites for hydroxylation is 1. The Labute approximate surface area is 258 Å². The normalized spacial score (nSPS) is 14.7. The fourth-order valence-corrected chi connectivity index (χ4v) is 6.86. The second kappa shape index (κ2) is 11.3. The summed E-state index contributed by atoms with van der Waals surface area (Å²) in [5, 5.41) is 8.22. The summed E-state index contributed by atoms with van der Waals surface area (Å²) in [6, 6.07) is 12.4. The molecule has 0 saturated heterocycles. The molecule has 1 aliphatic heterocycles. The number of benzene rings is 1. The van der Waals surface area contributed by atoms with Gasteiger partial charge in [-0.05, 0) is 48.7 Å². The van der Waals surface area contributed by atoms with E-state index in [4.69, 9.17) is 19.6 Å². The molecule has 1 unspecified atom stereocenters. The number of thiophene rings is 1. The third kappa shape index (κ3) is 4.74. The Morgan fingerprint density at radius 3 is 2.91 bits per heavy atom. The van der Waals surface area contributed by atoms with E-state index in [2.05, 4.69) is 53.1 Å². The monoisotopic (exact) mass is 605 g/mol. The number of ether oxygens (including phenoxy) is 2. The smallest absolute Gasteiger partial charge is 0.246 e. The predicted molar refractivity (Wildman–Crippen MR) is 171 cm³/mol. The highest BCUT2D eigenvalue weighted by Gasteiger charge is 2.29. The van der Waals surface area contributed by atoms with Crippen LogP contribution in [0.15, 0.2) is 73.2 Å². The first-order valence-electron chi connectivity index (χ1n) is 14.4. The summed E-state index contributed by atoms with van der Waals surface area (Å²) >= 11 is 1.65. The number of pyridine rings is 2. The molecule has 1 atom stereocenters. The van der Waals surface area contributed by atoms with Gasteiger partial charge in [0, 0.05) is 53.7 Å². The minimum atomic E-state index is -0.0912. The number of hydrogen-bond acceptors (Lipinski definition) is 8. The van der Waals surface area contributed by atoms with Crippen molar-refractivity contribution < 1.29 is 14.3 Å². The maximum absolute atomic E-state index is 12.5. The lowest BCUT2D eigenvalue weighted by atomic mass is 9.97. The number of carbonyl (C=O) groups excluding carboxylic acids is 1. The highest BCUT2D eigenvalue weighted by atomic mass is 32.1. The molecule has 6 heterocycles. The molecule has 0 aliphatic carbocycles. The number of rotatable bonds is 8. The molecule has 0 bridgehead atoms. The number of amides is 1. The number of carbonyl (C=O) groups is 1. The van der Waals surface area contributed by atoms with Crippen molar-refractivity contribution in [2.24, 2.45) is 7.05 Å². The van der Waals surface area contributed by atoms with E-state index in [1.165, 1.54) is 6.08 Å². The molecule has 11 heteroatoms. The van der Waals surface area contributed by atoms with E-state index < -0.39 is 0 Å². The summed E-state index contributed by atoms with van der Waals surface area (Å²) < 4.78 is 16.5. The zero-order chi connectivity index (χ0) is 30.4. The van der Waals surface area contributed by atoms with Crippen LogP contribution >= 0.6 is 11.3 Å². The van der Waals surface area contributed by atoms with Crippen LogP contribution < -0.4 is 4.74 Å². The molecule has 1 aromatic carbocycles. The van der Waals surface area contributed by atoms with E-state index in [-0.39, 0.29) is 11.9 Å². The van der Waals surface area contributed by atoms with Crippen molar-refractivity contribution in [2.45, 2.75) is 19.5 Å². The number of aromatic nitrogens is 6. The van der Waals surface area contributed by atoms with Crippen molar-refractivity contribution >= 4 is 38.4 Å². The van der Waals surface area contributed by atoms with Gasteiger partial charge in [-0.25, -0.2) is 9.97 Å². The quantitative estimate of drug-likeness (QED) is 0.158. The Morgan fingerprint density at radius 2 is 2.07 bits per heavy atom. The molecule has 0 saturated carbocycles. The Hall–Kier alpha value is -4.87. The number of methoxy groups -OCH3 is 1. The molecule has 1 aliphatic rings. The van der Waals surface area contributed by atoms with Crippen LogP contribution in [-0.2, 0) is 23.1 Å². The van der Waals surface area contributed by atoms with Gasteiger partial charge in [-0.1, -0.05) is 12.6 Å². The molecule has 0 fully saturated rings. The van der Waals surface area contributed by atoms with Crippen LogP contribution in [0.25, 0.3) is 54.9 Å². The summed E-state index contributed by atoms with van der Waals surface area (Å²) in [6.07, 6.45) is 6.69. The number of fused-ring (bicyclic) bond motifs is 3. The second-order valence-corrected chi connectivity index (χ2v) is 11.8. The van der Waals surface area contributed by atoms with Crippen LogP contribution in [0.5, 0.6) is 5.75 Å². The fourth-order valence-electron chi connectivity index (χ4n) is 5.90. The van der Waals surface area contributed by atoms with E-state index in [0.29, 0.717) is 32.1 Å². The zero-order valence-corrected chi connectivity index (χ0v) is 25.5. The van der Waals surface area contributed by atoms with E-state index >= 15 is 0 Å². The standard InChI is InChI=1S/C33H31N7O3S/c1-5-29(41)39-17-20(2)40-22(18-39)15-26(37-40)32-30(23-8-10-34-16-28(23)43-12-11-42-4)33-24(9-13-44-33)31(36-32)21-6-7-27-25(14-21)35-19-38(27)3/h5-10,13-16,19-20H,1,11-12,17-18H2,2-4H3. The first-order valence-corrected chi connectivity index (χ1v) is 15.2. The molecule has 0 radical (unpaired) electrons. The van der Waals surface area contributed by atoms with Gasteiger partial charge in [0.25, 0.3) is 0 Å². The average Bonchev–Trinajstić information content (AvgIpc) is 3.79. The Kier molecular flexibility index (Phi) is 7.19. The van der Waals surface area contributed by atoms with Crippen LogP contribution in [0.4, 0.5) is 0 Å². The summed E-state index contributed by atoms with van der Waals surface area (Å²) in [5.74, 6) is 0.552. The van der Waals surface area contributed by atoms with Gasteiger partial charge in [0.05, 0.1) is 54.1 Å². The van der Waals surface area contributed by atoms with Gasteiger partial charge >= 0.3 is 0 Å². The van der Waals surface area contributed by atoms with Gasteiger partial charge in [0.15, 0.2) is 0 Å². The minimum absolute atomic E-state index is 0.00906. The highest BCUT2D eigenvalue weighted by molar-refractivity contribution is 7.18. The Balaban J connectivity index is 1.47. The van der Waals surface area contributed by atoms with E-state index in [9.17, 15) is 4.79 Å². The number of nitrogens with zero attached hydrogens (tertiary/aromatic N) is 7. The highest BCUT2D eigenvalue weighted by Crippen LogP contribution is 2.46. The largest absolute Gasteiger partial charge is 0.489 e. The van der Waals surface area contributed by atoms with Gasteiger partial charge in [0.2, 0.25) is 5.91 Å². The van der Waals surface area contributed by atoms with Gasteiger partial charge in [-0.2, -0.15) is 5.10 Å². The van der Waals surface area contributed by atoms with Crippen molar-refractivity contribution in [2.75, 3.05) is 26.9 Å². The Bertz CT molecular complexity index is 2040. The zero-order valence-electron chi connectivity index (χ0n) is 24.7.